The van der Waals surface area contributed by atoms with Crippen molar-refractivity contribution >= 4 is 46.2 Å². The van der Waals surface area contributed by atoms with E-state index in [4.69, 9.17) is 10.5 Å². The van der Waals surface area contributed by atoms with Gasteiger partial charge in [-0.25, -0.2) is 0 Å². The highest BCUT2D eigenvalue weighted by Gasteiger charge is 2.34. The summed E-state index contributed by atoms with van der Waals surface area (Å²) in [5, 5.41) is 5.37. The van der Waals surface area contributed by atoms with E-state index in [1.807, 2.05) is 55.6 Å². The lowest BCUT2D eigenvalue weighted by Gasteiger charge is -2.39. The molecule has 3 N–H and O–H groups in total. The van der Waals surface area contributed by atoms with Gasteiger partial charge in [0.15, 0.2) is 0 Å². The second-order valence-electron chi connectivity index (χ2n) is 23.6. The Kier molecular flexibility index (Phi) is 24.2. The molecule has 0 radical (unpaired) electrons. The van der Waals surface area contributed by atoms with Gasteiger partial charge in [-0.15, -0.1) is 0 Å². The van der Waals surface area contributed by atoms with E-state index in [0.717, 1.165) is 60.9 Å². The number of nitrogens with one attached hydrogen (secondary N) is 1. The highest BCUT2D eigenvalue weighted by Crippen LogP contribution is 2.57. The van der Waals surface area contributed by atoms with Crippen LogP contribution >= 0.6 is 23.9 Å². The molecule has 2 fully saturated rings. The third-order valence-electron chi connectivity index (χ3n) is 17.6. The monoisotopic (exact) mass is 1280 g/mol. The Labute approximate surface area is 558 Å². The lowest BCUT2D eigenvalue weighted by Crippen LogP contribution is -2.27. The van der Waals surface area contributed by atoms with E-state index in [1.165, 1.54) is 125 Å². The van der Waals surface area contributed by atoms with Gasteiger partial charge in [-0.3, -0.25) is 0 Å². The minimum absolute atomic E-state index is 0. The molecular weight excluding hydrogens is 1200 g/mol. The number of benzene rings is 12. The third-order valence-corrected chi connectivity index (χ3v) is 21.6. The zero-order valence-corrected chi connectivity index (χ0v) is 55.0. The summed E-state index contributed by atoms with van der Waals surface area (Å²) in [6, 6.07) is 108. The van der Waals surface area contributed by atoms with Crippen LogP contribution < -0.4 is 21.1 Å². The molecule has 0 amide bonds. The van der Waals surface area contributed by atoms with Crippen molar-refractivity contribution in [1.29, 1.82) is 0 Å². The van der Waals surface area contributed by atoms with Crippen LogP contribution in [0.1, 0.15) is 77.2 Å². The number of aryl methyl sites for hydroxylation is 1. The molecule has 0 heterocycles. The molecule has 0 aromatic heterocycles. The molecule has 0 atom stereocenters. The number of hydrogen-bond acceptors (Lipinski definition) is 3. The van der Waals surface area contributed by atoms with E-state index in [9.17, 15) is 0 Å². The highest BCUT2D eigenvalue weighted by molar-refractivity contribution is 9.10. The van der Waals surface area contributed by atoms with Crippen LogP contribution in [0.25, 0.3) is 77.9 Å². The van der Waals surface area contributed by atoms with Gasteiger partial charge in [0.1, 0.15) is 5.75 Å². The molecule has 0 unspecified atom stereocenters. The van der Waals surface area contributed by atoms with E-state index < -0.39 is 0 Å². The van der Waals surface area contributed by atoms with Crippen molar-refractivity contribution < 1.29 is 4.74 Å². The smallest absolute Gasteiger partial charge is 0.126 e. The summed E-state index contributed by atoms with van der Waals surface area (Å²) in [7, 11) is 1.69. The largest absolute Gasteiger partial charge is 0.496 e. The summed E-state index contributed by atoms with van der Waals surface area (Å²) in [5.74, 6) is 1.02. The average Bonchev–Trinajstić information content (AvgIpc) is 0.873. The van der Waals surface area contributed by atoms with Crippen LogP contribution in [0, 0.1) is 6.92 Å². The Bertz CT molecular complexity index is 4000. The quantitative estimate of drug-likeness (QED) is 0.0893. The Hall–Kier alpha value is -9.05. The molecule has 462 valence electrons. The Balaban J connectivity index is 0.000000140. The fourth-order valence-electron chi connectivity index (χ4n) is 13.0. The minimum Gasteiger partial charge on any atom is -0.496 e. The zero-order valence-electron chi connectivity index (χ0n) is 52.5. The van der Waals surface area contributed by atoms with Crippen molar-refractivity contribution in [1.82, 2.24) is 0 Å². The molecule has 0 saturated heterocycles. The molecule has 2 aliphatic rings. The number of methoxy groups -OCH3 is 1. The molecule has 2 saturated carbocycles. The van der Waals surface area contributed by atoms with Crippen molar-refractivity contribution in [2.75, 3.05) is 18.2 Å². The summed E-state index contributed by atoms with van der Waals surface area (Å²) in [5.41, 5.74) is 29.5. The lowest BCUT2D eigenvalue weighted by atomic mass is 9.95. The molecule has 12 aromatic rings. The van der Waals surface area contributed by atoms with Crippen LogP contribution in [-0.4, -0.2) is 18.4 Å². The molecule has 0 aliphatic heterocycles. The van der Waals surface area contributed by atoms with E-state index in [1.54, 1.807) is 5.30 Å². The maximum atomic E-state index is 6.35. The fourth-order valence-corrected chi connectivity index (χ4v) is 17.2. The molecule has 0 bridgehead atoms. The summed E-state index contributed by atoms with van der Waals surface area (Å²) in [6.45, 7) is 2.23. The van der Waals surface area contributed by atoms with Gasteiger partial charge in [0, 0.05) is 43.7 Å². The van der Waals surface area contributed by atoms with Crippen LogP contribution in [0.3, 0.4) is 0 Å². The lowest BCUT2D eigenvalue weighted by molar-refractivity contribution is 0.416. The molecule has 3 nitrogen and oxygen atoms in total. The maximum absolute atomic E-state index is 6.35. The second kappa shape index (κ2) is 33.9. The van der Waals surface area contributed by atoms with Gasteiger partial charge in [-0.1, -0.05) is 349 Å². The normalized spacial score (nSPS) is 12.9. The molecule has 14 rings (SSSR count). The standard InChI is InChI=1S/C30H23N.C26H35OP.C18H15N.C12H9Br.CH4/c1-4-11-23(12-5-1)24-19-21-27(22-20-24)31-30-28(25-13-6-2-7-14-25)17-10-18-29(30)26-15-8-3-9-16-26;1-20-12-11-18-24(27-2)26(20)23-17-9-10-19-25(23)28(21-13-5-3-6-14-21)22-15-7-4-8-16-22;19-18-16(14-8-3-1-4-9-14)12-7-13-17(18)15-10-5-2-6-11-15;13-12-8-6-11(7-9-12)10-4-2-1-3-5-10;/h1-22,31H;9-12,17-19,21-22H,3-8,13-16H2,1-2H3;1-13H,19H2;1-9H;1H4. The first-order chi connectivity index (χ1) is 44.9. The number of halogens is 1. The van der Waals surface area contributed by atoms with Gasteiger partial charge < -0.3 is 15.8 Å². The van der Waals surface area contributed by atoms with E-state index >= 15 is 0 Å². The average molecular weight is 1290 g/mol. The summed E-state index contributed by atoms with van der Waals surface area (Å²) in [6.07, 6.45) is 14.4. The Morgan fingerprint density at radius 1 is 0.359 bits per heavy atom. The Morgan fingerprint density at radius 3 is 1.12 bits per heavy atom. The predicted octanol–water partition coefficient (Wildman–Crippen LogP) is 25.2. The zero-order chi connectivity index (χ0) is 62.4. The van der Waals surface area contributed by atoms with E-state index in [0.29, 0.717) is 0 Å². The van der Waals surface area contributed by atoms with E-state index in [-0.39, 0.29) is 15.3 Å². The minimum atomic E-state index is -0.122. The van der Waals surface area contributed by atoms with Crippen molar-refractivity contribution in [3.63, 3.8) is 0 Å². The van der Waals surface area contributed by atoms with Crippen LogP contribution in [-0.2, 0) is 0 Å². The highest BCUT2D eigenvalue weighted by atomic mass is 79.9. The topological polar surface area (TPSA) is 47.3 Å². The number of nitrogen functional groups attached to an aromatic ring is 1. The number of rotatable bonds is 13. The maximum Gasteiger partial charge on any atom is 0.126 e. The summed E-state index contributed by atoms with van der Waals surface area (Å²) >= 11 is 3.42. The number of hydrogen-bond donors (Lipinski definition) is 2. The van der Waals surface area contributed by atoms with Crippen LogP contribution in [0.5, 0.6) is 5.75 Å². The first kappa shape index (κ1) is 65.9. The number of anilines is 3. The fraction of sp³-hybridized carbons (Fsp3) is 0.172. The van der Waals surface area contributed by atoms with Gasteiger partial charge in [0.05, 0.1) is 12.8 Å². The van der Waals surface area contributed by atoms with Crippen molar-refractivity contribution in [3.05, 3.63) is 319 Å². The molecule has 5 heteroatoms. The second-order valence-corrected chi connectivity index (χ2v) is 27.2. The van der Waals surface area contributed by atoms with Crippen molar-refractivity contribution in [2.45, 2.75) is 89.9 Å². The molecule has 0 spiro atoms. The Morgan fingerprint density at radius 2 is 0.696 bits per heavy atom. The SMILES string of the molecule is Brc1ccc(-c2ccccc2)cc1.C.COc1cccc(C)c1-c1ccccc1P(C1CCCCC1)C1CCCCC1.Nc1c(-c2ccccc2)cccc1-c1ccccc1.c1ccc(-c2ccc(Nc3c(-c4ccccc4)cccc3-c3ccccc3)cc2)cc1. The summed E-state index contributed by atoms with van der Waals surface area (Å²) in [4.78, 5) is 0. The third kappa shape index (κ3) is 17.1. The van der Waals surface area contributed by atoms with Gasteiger partial charge in [0.2, 0.25) is 0 Å². The predicted molar refractivity (Wildman–Crippen MR) is 404 cm³/mol. The van der Waals surface area contributed by atoms with Gasteiger partial charge in [-0.2, -0.15) is 0 Å². The molecule has 12 aromatic carbocycles. The van der Waals surface area contributed by atoms with Gasteiger partial charge >= 0.3 is 0 Å². The number of nitrogens with two attached hydrogens (primary N) is 1. The van der Waals surface area contributed by atoms with Crippen LogP contribution in [0.2, 0.25) is 0 Å². The van der Waals surface area contributed by atoms with Crippen molar-refractivity contribution in [2.24, 2.45) is 0 Å². The van der Waals surface area contributed by atoms with Gasteiger partial charge in [0.25, 0.3) is 0 Å². The molecule has 92 heavy (non-hydrogen) atoms. The van der Waals surface area contributed by atoms with E-state index in [2.05, 4.69) is 289 Å². The number of para-hydroxylation sites is 2. The van der Waals surface area contributed by atoms with Gasteiger partial charge in [-0.05, 0) is 135 Å². The molecular formula is C87H86BrN2OP. The van der Waals surface area contributed by atoms with Crippen LogP contribution in [0.4, 0.5) is 17.1 Å². The first-order valence-corrected chi connectivity index (χ1v) is 34.7. The summed E-state index contributed by atoms with van der Waals surface area (Å²) < 4.78 is 6.93. The number of ether oxygens (including phenoxy) is 1. The first-order valence-electron chi connectivity index (χ1n) is 32.4. The molecule has 2 aliphatic carbocycles. The van der Waals surface area contributed by atoms with Crippen molar-refractivity contribution in [3.8, 4) is 83.6 Å². The van der Waals surface area contributed by atoms with Crippen LogP contribution in [0.15, 0.2) is 314 Å².